The normalized spacial score (nSPS) is 17.7. The number of isocyanates is 1. The molecule has 2 fully saturated rings. The topological polar surface area (TPSA) is 39.4 Å². The predicted octanol–water partition coefficient (Wildman–Crippen LogP) is 1.93. The van der Waals surface area contributed by atoms with Gasteiger partial charge in [0.05, 0.1) is 0 Å². The van der Waals surface area contributed by atoms with E-state index in [1.165, 1.54) is 0 Å². The molecule has 0 atom stereocenters. The molecule has 3 heteroatoms. The van der Waals surface area contributed by atoms with Gasteiger partial charge < -0.3 is 5.41 Å². The van der Waals surface area contributed by atoms with Gasteiger partial charge >= 0.3 is 18.6 Å². The Morgan fingerprint density at radius 2 is 0.714 bits per heavy atom. The van der Waals surface area contributed by atoms with E-state index in [1.807, 2.05) is 64.2 Å². The molecule has 67 valence electrons. The van der Waals surface area contributed by atoms with Crippen molar-refractivity contribution in [1.29, 1.82) is 0 Å². The fourth-order valence-electron chi connectivity index (χ4n) is 0.642. The van der Waals surface area contributed by atoms with Crippen molar-refractivity contribution < 1.29 is 23.4 Å². The predicted molar refractivity (Wildman–Crippen MR) is 52.1 cm³/mol. The van der Waals surface area contributed by atoms with Gasteiger partial charge in [0.25, 0.3) is 0 Å². The quantitative estimate of drug-likeness (QED) is 0.457. The molecule has 0 aromatic carbocycles. The minimum absolute atomic E-state index is 0. The third-order valence-electron chi connectivity index (χ3n) is 1.11. The van der Waals surface area contributed by atoms with Crippen LogP contribution in [0.5, 0.6) is 0 Å². The molecule has 2 saturated carbocycles. The van der Waals surface area contributed by atoms with E-state index in [-0.39, 0.29) is 18.6 Å². The van der Waals surface area contributed by atoms with E-state index in [0.717, 1.165) is 0 Å². The van der Waals surface area contributed by atoms with Gasteiger partial charge in [0.2, 0.25) is 0 Å². The fourth-order valence-corrected chi connectivity index (χ4v) is 0.642. The van der Waals surface area contributed by atoms with Crippen LogP contribution in [0.15, 0.2) is 0 Å². The molecular formula is C11H10NOV+3. The summed E-state index contributed by atoms with van der Waals surface area (Å²) in [5, 5.41) is 6.76. The van der Waals surface area contributed by atoms with Crippen LogP contribution in [0, 0.1) is 64.2 Å². The average Bonchev–Trinajstić information content (AvgIpc) is 2.85. The molecule has 0 aromatic heterocycles. The molecule has 2 rings (SSSR count). The number of carbonyl (C=O) groups excluding carboxylic acids is 1. The first-order valence-corrected chi connectivity index (χ1v) is 3.76. The van der Waals surface area contributed by atoms with Crippen LogP contribution in [0.25, 0.3) is 5.41 Å². The first-order chi connectivity index (χ1) is 6.41. The van der Waals surface area contributed by atoms with Gasteiger partial charge in [-0.05, 0) is 70.3 Å². The minimum atomic E-state index is 0. The van der Waals surface area contributed by atoms with Crippen LogP contribution in [0.3, 0.4) is 0 Å². The molecule has 2 nitrogen and oxygen atoms in total. The van der Waals surface area contributed by atoms with Crippen LogP contribution in [0.2, 0.25) is 0 Å². The molecule has 0 saturated heterocycles. The van der Waals surface area contributed by atoms with Gasteiger partial charge in [-0.2, -0.15) is 0 Å². The molecular weight excluding hydrogens is 213 g/mol. The first-order valence-electron chi connectivity index (χ1n) is 3.76. The second-order valence-electron chi connectivity index (χ2n) is 2.02. The van der Waals surface area contributed by atoms with Gasteiger partial charge in [-0.1, -0.05) is 0 Å². The van der Waals surface area contributed by atoms with Crippen molar-refractivity contribution >= 4 is 6.08 Å². The van der Waals surface area contributed by atoms with Gasteiger partial charge in [0.1, 0.15) is 0 Å². The second kappa shape index (κ2) is 15.4. The fraction of sp³-hybridized carbons (Fsp3) is 0. The van der Waals surface area contributed by atoms with E-state index in [9.17, 15) is 0 Å². The van der Waals surface area contributed by atoms with Gasteiger partial charge in [0, 0.05) is 0 Å². The van der Waals surface area contributed by atoms with Gasteiger partial charge in [-0.25, -0.2) is 0 Å². The van der Waals surface area contributed by atoms with Crippen molar-refractivity contribution in [3.63, 3.8) is 0 Å². The Balaban J connectivity index is 0. The van der Waals surface area contributed by atoms with E-state index >= 15 is 0 Å². The molecule has 2 aliphatic rings. The van der Waals surface area contributed by atoms with Gasteiger partial charge in [-0.15, -0.1) is 0 Å². The summed E-state index contributed by atoms with van der Waals surface area (Å²) in [4.78, 5) is 8.24. The van der Waals surface area contributed by atoms with E-state index in [0.29, 0.717) is 6.08 Å². The number of rotatable bonds is 0. The summed E-state index contributed by atoms with van der Waals surface area (Å²) >= 11 is 0. The monoisotopic (exact) mass is 223 g/mol. The molecule has 2 aliphatic carbocycles. The maximum absolute atomic E-state index is 8.24. The summed E-state index contributed by atoms with van der Waals surface area (Å²) < 4.78 is 0. The molecule has 0 aliphatic heterocycles. The maximum Gasteiger partial charge on any atom is 4.00 e. The van der Waals surface area contributed by atoms with Crippen LogP contribution >= 0.6 is 0 Å². The zero-order valence-electron chi connectivity index (χ0n) is 7.58. The number of nitrogens with zero attached hydrogens (tertiary/aromatic N) is 1. The Hall–Kier alpha value is -0.0356. The molecule has 11 radical (unpaired) electrons. The van der Waals surface area contributed by atoms with Crippen LogP contribution in [0.4, 0.5) is 0 Å². The molecule has 0 aromatic rings. The molecule has 14 heavy (non-hydrogen) atoms. The third kappa shape index (κ3) is 14.5. The summed E-state index contributed by atoms with van der Waals surface area (Å²) in [7, 11) is 0. The Labute approximate surface area is 99.2 Å². The zero-order valence-corrected chi connectivity index (χ0v) is 8.97. The van der Waals surface area contributed by atoms with E-state index in [1.54, 1.807) is 0 Å². The van der Waals surface area contributed by atoms with Crippen molar-refractivity contribution in [3.05, 3.63) is 69.6 Å². The third-order valence-corrected chi connectivity index (χ3v) is 1.11. The standard InChI is InChI=1S/2C5H5.CNO.V/c2*1-2-4-5-3-1;2-1-3;/h2*1-5H;;/q;;-1;+4. The van der Waals surface area contributed by atoms with Gasteiger partial charge in [0.15, 0.2) is 0 Å². The summed E-state index contributed by atoms with van der Waals surface area (Å²) in [6, 6.07) is 0. The first kappa shape index (κ1) is 16.4. The number of hydrogen-bond acceptors (Lipinski definition) is 1. The Morgan fingerprint density at radius 1 is 0.643 bits per heavy atom. The smallest absolute Gasteiger partial charge is 0.724 e. The zero-order chi connectivity index (χ0) is 9.78. The van der Waals surface area contributed by atoms with Crippen LogP contribution < -0.4 is 0 Å². The molecule has 0 N–H and O–H groups in total. The Morgan fingerprint density at radius 3 is 0.786 bits per heavy atom. The van der Waals surface area contributed by atoms with Crippen LogP contribution in [0.1, 0.15) is 0 Å². The van der Waals surface area contributed by atoms with E-state index < -0.39 is 0 Å². The number of hydrogen-bond donors (Lipinski definition) is 0. The van der Waals surface area contributed by atoms with E-state index in [4.69, 9.17) is 10.2 Å². The van der Waals surface area contributed by atoms with Crippen molar-refractivity contribution in [2.75, 3.05) is 0 Å². The minimum Gasteiger partial charge on any atom is -0.724 e. The Kier molecular flexibility index (Phi) is 18.1. The SMILES string of the molecule is [CH]1[CH][CH][CH][CH]1.[CH]1[CH][CH][CH][CH]1.[N-]=C=O.[V+4]. The largest absolute Gasteiger partial charge is 4.00 e. The van der Waals surface area contributed by atoms with Crippen LogP contribution in [-0.4, -0.2) is 6.08 Å². The van der Waals surface area contributed by atoms with Crippen molar-refractivity contribution in [2.24, 2.45) is 0 Å². The van der Waals surface area contributed by atoms with Gasteiger partial charge in [-0.3, -0.25) is 4.79 Å². The molecule has 0 bridgehead atoms. The summed E-state index contributed by atoms with van der Waals surface area (Å²) in [5.74, 6) is 0. The second-order valence-corrected chi connectivity index (χ2v) is 2.02. The molecule has 0 unspecified atom stereocenters. The summed E-state index contributed by atoms with van der Waals surface area (Å²) in [6.07, 6.45) is 20.5. The molecule has 0 spiro atoms. The summed E-state index contributed by atoms with van der Waals surface area (Å²) in [5.41, 5.74) is 0. The van der Waals surface area contributed by atoms with Crippen molar-refractivity contribution in [3.8, 4) is 0 Å². The van der Waals surface area contributed by atoms with Crippen molar-refractivity contribution in [2.45, 2.75) is 0 Å². The van der Waals surface area contributed by atoms with Crippen LogP contribution in [-0.2, 0) is 23.4 Å². The molecule has 0 amide bonds. The summed E-state index contributed by atoms with van der Waals surface area (Å²) in [6.45, 7) is 0. The molecule has 0 heterocycles. The van der Waals surface area contributed by atoms with Crippen molar-refractivity contribution in [1.82, 2.24) is 0 Å². The Bertz CT molecular complexity index is 100. The maximum atomic E-state index is 8.24. The van der Waals surface area contributed by atoms with E-state index in [2.05, 4.69) is 0 Å². The average molecular weight is 223 g/mol.